The summed E-state index contributed by atoms with van der Waals surface area (Å²) >= 11 is 0. The average molecular weight is 304 g/mol. The first-order valence-electron chi connectivity index (χ1n) is 6.90. The Labute approximate surface area is 126 Å². The van der Waals surface area contributed by atoms with Crippen molar-refractivity contribution in [1.29, 1.82) is 0 Å². The van der Waals surface area contributed by atoms with Crippen LogP contribution in [0.3, 0.4) is 0 Å². The first-order chi connectivity index (χ1) is 10.8. The van der Waals surface area contributed by atoms with Crippen molar-refractivity contribution in [3.8, 4) is 5.75 Å². The van der Waals surface area contributed by atoms with Gasteiger partial charge in [0.1, 0.15) is 12.9 Å². The molecular weight excluding hydrogens is 288 g/mol. The van der Waals surface area contributed by atoms with Gasteiger partial charge in [0.05, 0.1) is 6.61 Å². The minimum absolute atomic E-state index is 0.302. The topological polar surface area (TPSA) is 88.3 Å². The van der Waals surface area contributed by atoms with E-state index in [2.05, 4.69) is 16.1 Å². The van der Waals surface area contributed by atoms with E-state index in [0.29, 0.717) is 36.8 Å². The number of hydrogen-bond donors (Lipinski definition) is 2. The van der Waals surface area contributed by atoms with Crippen molar-refractivity contribution in [2.45, 2.75) is 6.92 Å². The molecule has 0 saturated heterocycles. The van der Waals surface area contributed by atoms with Crippen LogP contribution in [0.2, 0.25) is 0 Å². The van der Waals surface area contributed by atoms with Crippen molar-refractivity contribution in [3.63, 3.8) is 0 Å². The molecule has 22 heavy (non-hydrogen) atoms. The quantitative estimate of drug-likeness (QED) is 0.607. The predicted octanol–water partition coefficient (Wildman–Crippen LogP) is 0.981. The standard InChI is InChI=1S/C14H16N4O4/c1-2-20-6-7-21-12-5-3-4-10-8-11(14(19)22-13(10)12)18-16-9-15-17-18/h3-5,8-9,17H,2,6-7H2,1H3,(H,15,16). The lowest BCUT2D eigenvalue weighted by atomic mass is 10.2. The van der Waals surface area contributed by atoms with E-state index in [1.54, 1.807) is 12.1 Å². The summed E-state index contributed by atoms with van der Waals surface area (Å²) in [5.41, 5.74) is 5.60. The second-order valence-corrected chi connectivity index (χ2v) is 4.46. The zero-order valence-corrected chi connectivity index (χ0v) is 12.0. The number of hydrazine groups is 2. The Bertz CT molecular complexity index is 735. The molecule has 0 saturated carbocycles. The minimum Gasteiger partial charge on any atom is -0.487 e. The number of nitrogens with zero attached hydrogens (tertiary/aromatic N) is 2. The molecule has 1 aliphatic heterocycles. The molecule has 0 aliphatic carbocycles. The lowest BCUT2D eigenvalue weighted by molar-refractivity contribution is 0.110. The minimum atomic E-state index is -0.501. The Morgan fingerprint density at radius 1 is 1.36 bits per heavy atom. The van der Waals surface area contributed by atoms with E-state index in [4.69, 9.17) is 13.9 Å². The number of benzene rings is 1. The largest absolute Gasteiger partial charge is 0.487 e. The van der Waals surface area contributed by atoms with Crippen LogP contribution in [0.4, 0.5) is 5.69 Å². The van der Waals surface area contributed by atoms with Crippen molar-refractivity contribution in [2.24, 2.45) is 5.10 Å². The van der Waals surface area contributed by atoms with Crippen LogP contribution in [0.1, 0.15) is 6.92 Å². The maximum atomic E-state index is 12.1. The number of fused-ring (bicyclic) bond motifs is 1. The van der Waals surface area contributed by atoms with E-state index in [9.17, 15) is 4.79 Å². The molecule has 8 heteroatoms. The van der Waals surface area contributed by atoms with Gasteiger partial charge in [-0.15, -0.1) is 5.10 Å². The van der Waals surface area contributed by atoms with E-state index < -0.39 is 5.63 Å². The number of ether oxygens (including phenoxy) is 2. The van der Waals surface area contributed by atoms with Gasteiger partial charge in [0.25, 0.3) is 0 Å². The Hall–Kier alpha value is -2.74. The van der Waals surface area contributed by atoms with E-state index in [-0.39, 0.29) is 0 Å². The molecule has 2 heterocycles. The summed E-state index contributed by atoms with van der Waals surface area (Å²) in [4.78, 5) is 12.1. The van der Waals surface area contributed by atoms with Gasteiger partial charge >= 0.3 is 5.63 Å². The van der Waals surface area contributed by atoms with Gasteiger partial charge in [-0.2, -0.15) is 10.7 Å². The average Bonchev–Trinajstić information content (AvgIpc) is 3.05. The highest BCUT2D eigenvalue weighted by atomic mass is 16.5. The monoisotopic (exact) mass is 304 g/mol. The summed E-state index contributed by atoms with van der Waals surface area (Å²) < 4.78 is 16.2. The van der Waals surface area contributed by atoms with Crippen molar-refractivity contribution in [3.05, 3.63) is 34.7 Å². The SMILES string of the molecule is CCOCCOc1cccc2cc(N3NC=NN3)c(=O)oc12. The highest BCUT2D eigenvalue weighted by Crippen LogP contribution is 2.26. The van der Waals surface area contributed by atoms with Crippen LogP contribution in [0.25, 0.3) is 11.0 Å². The molecule has 0 unspecified atom stereocenters. The summed E-state index contributed by atoms with van der Waals surface area (Å²) in [5, 5.41) is 5.88. The van der Waals surface area contributed by atoms with Crippen LogP contribution in [0, 0.1) is 0 Å². The first-order valence-corrected chi connectivity index (χ1v) is 6.90. The van der Waals surface area contributed by atoms with Gasteiger partial charge in [-0.3, -0.25) is 5.43 Å². The summed E-state index contributed by atoms with van der Waals surface area (Å²) in [6.07, 6.45) is 1.43. The van der Waals surface area contributed by atoms with E-state index >= 15 is 0 Å². The van der Waals surface area contributed by atoms with E-state index in [1.807, 2.05) is 19.1 Å². The Balaban J connectivity index is 1.89. The summed E-state index contributed by atoms with van der Waals surface area (Å²) in [6.45, 7) is 3.42. The number of hydrazone groups is 1. The van der Waals surface area contributed by atoms with Crippen LogP contribution in [-0.4, -0.2) is 26.2 Å². The third kappa shape index (κ3) is 2.82. The zero-order chi connectivity index (χ0) is 15.4. The Morgan fingerprint density at radius 2 is 2.27 bits per heavy atom. The van der Waals surface area contributed by atoms with Crippen molar-refractivity contribution >= 4 is 23.0 Å². The fourth-order valence-corrected chi connectivity index (χ4v) is 2.06. The molecule has 116 valence electrons. The maximum absolute atomic E-state index is 12.1. The zero-order valence-electron chi connectivity index (χ0n) is 12.0. The number of anilines is 1. The van der Waals surface area contributed by atoms with Gasteiger partial charge in [-0.25, -0.2) is 4.79 Å². The fraction of sp³-hybridized carbons (Fsp3) is 0.286. The number of rotatable bonds is 6. The van der Waals surface area contributed by atoms with Crippen LogP contribution in [-0.2, 0) is 4.74 Å². The van der Waals surface area contributed by atoms with Gasteiger partial charge < -0.3 is 13.9 Å². The lowest BCUT2D eigenvalue weighted by Gasteiger charge is -2.15. The van der Waals surface area contributed by atoms with Crippen LogP contribution < -0.4 is 26.4 Å². The molecule has 3 rings (SSSR count). The molecule has 0 radical (unpaired) electrons. The van der Waals surface area contributed by atoms with Gasteiger partial charge in [0.2, 0.25) is 0 Å². The van der Waals surface area contributed by atoms with Gasteiger partial charge in [-0.05, 0) is 19.1 Å². The fourth-order valence-electron chi connectivity index (χ4n) is 2.06. The van der Waals surface area contributed by atoms with Gasteiger partial charge in [0.15, 0.2) is 17.0 Å². The van der Waals surface area contributed by atoms with E-state index in [0.717, 1.165) is 5.39 Å². The molecule has 0 amide bonds. The molecule has 0 atom stereocenters. The molecule has 1 aliphatic rings. The molecule has 1 aromatic carbocycles. The van der Waals surface area contributed by atoms with Crippen molar-refractivity contribution < 1.29 is 13.9 Å². The number of hydrogen-bond acceptors (Lipinski definition) is 8. The molecule has 0 fully saturated rings. The summed E-state index contributed by atoms with van der Waals surface area (Å²) in [6, 6.07) is 7.13. The van der Waals surface area contributed by atoms with Crippen molar-refractivity contribution in [2.75, 3.05) is 24.9 Å². The molecule has 0 bridgehead atoms. The van der Waals surface area contributed by atoms with Crippen LogP contribution >= 0.6 is 0 Å². The van der Waals surface area contributed by atoms with Crippen LogP contribution in [0.15, 0.2) is 38.6 Å². The highest BCUT2D eigenvalue weighted by molar-refractivity contribution is 5.85. The molecule has 0 spiro atoms. The third-order valence-corrected chi connectivity index (χ3v) is 3.04. The predicted molar refractivity (Wildman–Crippen MR) is 81.7 cm³/mol. The van der Waals surface area contributed by atoms with Crippen LogP contribution in [0.5, 0.6) is 5.75 Å². The Kier molecular flexibility index (Phi) is 4.10. The lowest BCUT2D eigenvalue weighted by Crippen LogP contribution is -2.41. The van der Waals surface area contributed by atoms with E-state index in [1.165, 1.54) is 11.5 Å². The molecule has 1 aromatic heterocycles. The second-order valence-electron chi connectivity index (χ2n) is 4.46. The molecule has 2 N–H and O–H groups in total. The maximum Gasteiger partial charge on any atom is 0.364 e. The molecule has 8 nitrogen and oxygen atoms in total. The third-order valence-electron chi connectivity index (χ3n) is 3.04. The summed E-state index contributed by atoms with van der Waals surface area (Å²) in [5.74, 6) is 0.513. The van der Waals surface area contributed by atoms with Gasteiger partial charge in [0, 0.05) is 12.0 Å². The number of para-hydroxylation sites is 1. The molecule has 2 aromatic rings. The number of nitrogens with one attached hydrogen (secondary N) is 2. The van der Waals surface area contributed by atoms with Crippen molar-refractivity contribution in [1.82, 2.24) is 11.0 Å². The van der Waals surface area contributed by atoms with Gasteiger partial charge in [-0.1, -0.05) is 12.1 Å². The highest BCUT2D eigenvalue weighted by Gasteiger charge is 2.16. The molecular formula is C14H16N4O4. The Morgan fingerprint density at radius 3 is 3.05 bits per heavy atom. The second kappa shape index (κ2) is 6.35. The first kappa shape index (κ1) is 14.2. The normalized spacial score (nSPS) is 13.2. The summed E-state index contributed by atoms with van der Waals surface area (Å²) in [7, 11) is 0. The smallest absolute Gasteiger partial charge is 0.364 e.